The van der Waals surface area contributed by atoms with Crippen LogP contribution in [0.3, 0.4) is 0 Å². The van der Waals surface area contributed by atoms with E-state index in [2.05, 4.69) is 15.9 Å². The Morgan fingerprint density at radius 2 is 2.16 bits per heavy atom. The second kappa shape index (κ2) is 7.42. The van der Waals surface area contributed by atoms with Gasteiger partial charge in [0.05, 0.1) is 17.6 Å². The number of aliphatic hydroxyl groups excluding tert-OH is 2. The third-order valence-electron chi connectivity index (χ3n) is 2.59. The zero-order chi connectivity index (χ0) is 14.4. The number of benzene rings is 1. The van der Waals surface area contributed by atoms with Crippen LogP contribution in [0.15, 0.2) is 18.2 Å². The second-order valence-corrected chi connectivity index (χ2v) is 4.70. The molecular weight excluding hydrogens is 318 g/mol. The molecule has 19 heavy (non-hydrogen) atoms. The lowest BCUT2D eigenvalue weighted by Gasteiger charge is -2.19. The maximum Gasteiger partial charge on any atom is 0.270 e. The van der Waals surface area contributed by atoms with Gasteiger partial charge in [0.25, 0.3) is 5.69 Å². The summed E-state index contributed by atoms with van der Waals surface area (Å²) < 4.78 is 5.32. The molecular formula is C12H16BrNO5. The Morgan fingerprint density at radius 3 is 2.68 bits per heavy atom. The van der Waals surface area contributed by atoms with E-state index in [0.29, 0.717) is 24.1 Å². The predicted molar refractivity (Wildman–Crippen MR) is 73.6 cm³/mol. The van der Waals surface area contributed by atoms with Gasteiger partial charge in [0.1, 0.15) is 11.9 Å². The average molecular weight is 334 g/mol. The highest BCUT2D eigenvalue weighted by molar-refractivity contribution is 9.09. The van der Waals surface area contributed by atoms with Crippen LogP contribution in [0.2, 0.25) is 0 Å². The molecule has 2 atom stereocenters. The highest BCUT2D eigenvalue weighted by Gasteiger charge is 2.24. The molecule has 0 aromatic heterocycles. The van der Waals surface area contributed by atoms with Crippen LogP contribution in [0.5, 0.6) is 5.75 Å². The smallest absolute Gasteiger partial charge is 0.270 e. The van der Waals surface area contributed by atoms with Crippen molar-refractivity contribution < 1.29 is 19.9 Å². The monoisotopic (exact) mass is 333 g/mol. The van der Waals surface area contributed by atoms with Gasteiger partial charge in [-0.1, -0.05) is 15.9 Å². The summed E-state index contributed by atoms with van der Waals surface area (Å²) in [7, 11) is 0. The van der Waals surface area contributed by atoms with Gasteiger partial charge in [-0.25, -0.2) is 0 Å². The minimum atomic E-state index is -1.22. The lowest BCUT2D eigenvalue weighted by molar-refractivity contribution is -0.385. The minimum Gasteiger partial charge on any atom is -0.493 e. The molecule has 0 spiro atoms. The van der Waals surface area contributed by atoms with Crippen LogP contribution < -0.4 is 4.74 Å². The molecule has 106 valence electrons. The number of nitrogens with zero attached hydrogens (tertiary/aromatic N) is 1. The third kappa shape index (κ3) is 4.15. The van der Waals surface area contributed by atoms with E-state index in [1.165, 1.54) is 18.2 Å². The average Bonchev–Trinajstić information content (AvgIpc) is 2.38. The molecule has 2 N–H and O–H groups in total. The lowest BCUT2D eigenvalue weighted by atomic mass is 10.0. The summed E-state index contributed by atoms with van der Waals surface area (Å²) in [6, 6.07) is 3.96. The van der Waals surface area contributed by atoms with Crippen LogP contribution in [0, 0.1) is 10.1 Å². The van der Waals surface area contributed by atoms with Crippen molar-refractivity contribution in [2.75, 3.05) is 11.9 Å². The number of rotatable bonds is 7. The Kier molecular flexibility index (Phi) is 6.20. The van der Waals surface area contributed by atoms with E-state index in [-0.39, 0.29) is 11.3 Å². The maximum absolute atomic E-state index is 10.8. The fraction of sp³-hybridized carbons (Fsp3) is 0.500. The van der Waals surface area contributed by atoms with Crippen molar-refractivity contribution in [2.24, 2.45) is 0 Å². The van der Waals surface area contributed by atoms with Crippen molar-refractivity contribution in [2.45, 2.75) is 25.6 Å². The molecule has 6 nitrogen and oxygen atoms in total. The molecule has 0 aliphatic carbocycles. The van der Waals surface area contributed by atoms with Gasteiger partial charge in [0.15, 0.2) is 0 Å². The number of alkyl halides is 1. The number of nitro groups is 1. The summed E-state index contributed by atoms with van der Waals surface area (Å²) in [5.41, 5.74) is 0.0769. The molecule has 1 rings (SSSR count). The van der Waals surface area contributed by atoms with E-state index in [9.17, 15) is 20.3 Å². The molecule has 0 heterocycles. The van der Waals surface area contributed by atoms with Crippen LogP contribution in [-0.4, -0.2) is 33.2 Å². The van der Waals surface area contributed by atoms with Crippen molar-refractivity contribution in [3.05, 3.63) is 33.9 Å². The number of nitro benzene ring substituents is 1. The molecule has 0 bridgehead atoms. The van der Waals surface area contributed by atoms with Gasteiger partial charge in [0.2, 0.25) is 0 Å². The zero-order valence-electron chi connectivity index (χ0n) is 10.5. The van der Waals surface area contributed by atoms with Crippen molar-refractivity contribution in [3.8, 4) is 5.75 Å². The van der Waals surface area contributed by atoms with Crippen molar-refractivity contribution in [1.82, 2.24) is 0 Å². The normalized spacial score (nSPS) is 13.9. The number of halogens is 1. The molecule has 0 fully saturated rings. The van der Waals surface area contributed by atoms with Crippen LogP contribution in [-0.2, 0) is 0 Å². The topological polar surface area (TPSA) is 92.8 Å². The Balaban J connectivity index is 3.12. The van der Waals surface area contributed by atoms with Crippen molar-refractivity contribution >= 4 is 21.6 Å². The number of non-ortho nitro benzene ring substituents is 1. The molecule has 0 aliphatic rings. The number of hydrogen-bond acceptors (Lipinski definition) is 5. The Labute approximate surface area is 119 Å². The summed E-state index contributed by atoms with van der Waals surface area (Å²) in [6.45, 7) is 2.14. The van der Waals surface area contributed by atoms with Crippen molar-refractivity contribution in [1.29, 1.82) is 0 Å². The lowest BCUT2D eigenvalue weighted by Crippen LogP contribution is -2.19. The van der Waals surface area contributed by atoms with Gasteiger partial charge >= 0.3 is 0 Å². The van der Waals surface area contributed by atoms with E-state index >= 15 is 0 Å². The van der Waals surface area contributed by atoms with Crippen LogP contribution >= 0.6 is 15.9 Å². The maximum atomic E-state index is 10.8. The molecule has 0 saturated carbocycles. The van der Waals surface area contributed by atoms with Gasteiger partial charge < -0.3 is 14.9 Å². The van der Waals surface area contributed by atoms with E-state index in [1.54, 1.807) is 6.92 Å². The van der Waals surface area contributed by atoms with Gasteiger partial charge in [-0.15, -0.1) is 0 Å². The molecule has 0 amide bonds. The standard InChI is InChI=1S/C12H16BrNO5/c1-2-19-11-4-3-8(14(17)18)7-9(11)12(16)10(15)5-6-13/h3-4,7,10,12,15-16H,2,5-6H2,1H3. The molecule has 0 saturated heterocycles. The quantitative estimate of drug-likeness (QED) is 0.453. The Hall–Kier alpha value is -1.18. The van der Waals surface area contributed by atoms with Crippen LogP contribution in [0.4, 0.5) is 5.69 Å². The highest BCUT2D eigenvalue weighted by Crippen LogP contribution is 2.32. The highest BCUT2D eigenvalue weighted by atomic mass is 79.9. The van der Waals surface area contributed by atoms with E-state index in [1.807, 2.05) is 0 Å². The number of hydrogen-bond donors (Lipinski definition) is 2. The minimum absolute atomic E-state index is 0.149. The first kappa shape index (κ1) is 15.9. The fourth-order valence-electron chi connectivity index (χ4n) is 1.64. The van der Waals surface area contributed by atoms with Gasteiger partial charge in [-0.3, -0.25) is 10.1 Å². The molecule has 1 aromatic rings. The fourth-order valence-corrected chi connectivity index (χ4v) is 2.11. The first-order valence-electron chi connectivity index (χ1n) is 5.84. The Morgan fingerprint density at radius 1 is 1.47 bits per heavy atom. The third-order valence-corrected chi connectivity index (χ3v) is 3.05. The first-order valence-corrected chi connectivity index (χ1v) is 6.96. The molecule has 0 aliphatic heterocycles. The SMILES string of the molecule is CCOc1ccc([N+](=O)[O-])cc1C(O)C(O)CCBr. The van der Waals surface area contributed by atoms with Crippen LogP contribution in [0.1, 0.15) is 25.0 Å². The summed E-state index contributed by atoms with van der Waals surface area (Å²) in [5.74, 6) is 0.342. The van der Waals surface area contributed by atoms with Crippen molar-refractivity contribution in [3.63, 3.8) is 0 Å². The largest absolute Gasteiger partial charge is 0.493 e. The first-order chi connectivity index (χ1) is 9.01. The van der Waals surface area contributed by atoms with Crippen LogP contribution in [0.25, 0.3) is 0 Å². The summed E-state index contributed by atoms with van der Waals surface area (Å²) >= 11 is 3.17. The molecule has 7 heteroatoms. The number of aliphatic hydroxyl groups is 2. The summed E-state index contributed by atoms with van der Waals surface area (Å²) in [5, 5.41) is 31.1. The number of ether oxygens (including phenoxy) is 1. The molecule has 0 radical (unpaired) electrons. The summed E-state index contributed by atoms with van der Waals surface area (Å²) in [4.78, 5) is 10.2. The Bertz CT molecular complexity index is 440. The molecule has 1 aromatic carbocycles. The van der Waals surface area contributed by atoms with Gasteiger partial charge in [-0.2, -0.15) is 0 Å². The summed E-state index contributed by atoms with van der Waals surface area (Å²) in [6.07, 6.45) is -1.91. The van der Waals surface area contributed by atoms with E-state index < -0.39 is 17.1 Å². The van der Waals surface area contributed by atoms with Gasteiger partial charge in [-0.05, 0) is 19.4 Å². The van der Waals surface area contributed by atoms with E-state index in [0.717, 1.165) is 0 Å². The zero-order valence-corrected chi connectivity index (χ0v) is 12.0. The second-order valence-electron chi connectivity index (χ2n) is 3.90. The predicted octanol–water partition coefficient (Wildman–Crippen LogP) is 2.17. The molecule has 2 unspecified atom stereocenters. The van der Waals surface area contributed by atoms with E-state index in [4.69, 9.17) is 4.74 Å². The van der Waals surface area contributed by atoms with Gasteiger partial charge in [0, 0.05) is 23.0 Å².